The molecule has 13 heteroatoms. The molecule has 39 heavy (non-hydrogen) atoms. The van der Waals surface area contributed by atoms with Crippen molar-refractivity contribution >= 4 is 11.2 Å². The van der Waals surface area contributed by atoms with E-state index in [1.54, 1.807) is 51.4 Å². The summed E-state index contributed by atoms with van der Waals surface area (Å²) < 4.78 is 8.79. The summed E-state index contributed by atoms with van der Waals surface area (Å²) in [5.74, 6) is 0.644. The number of benzene rings is 2. The zero-order chi connectivity index (χ0) is 26.3. The van der Waals surface area contributed by atoms with E-state index < -0.39 is 0 Å². The van der Waals surface area contributed by atoms with Gasteiger partial charge in [-0.05, 0) is 35.4 Å². The molecule has 13 nitrogen and oxygen atoms in total. The van der Waals surface area contributed by atoms with Gasteiger partial charge in [-0.3, -0.25) is 4.57 Å². The van der Waals surface area contributed by atoms with Crippen molar-refractivity contribution in [3.63, 3.8) is 0 Å². The van der Waals surface area contributed by atoms with Crippen molar-refractivity contribution in [2.75, 3.05) is 0 Å². The summed E-state index contributed by atoms with van der Waals surface area (Å²) in [7, 11) is 1.85. The fraction of sp³-hybridized carbons (Fsp3) is 0.115. The van der Waals surface area contributed by atoms with Crippen molar-refractivity contribution in [2.45, 2.75) is 13.1 Å². The molecule has 5 heterocycles. The first-order valence-electron chi connectivity index (χ1n) is 12.2. The Hall–Kier alpha value is -5.59. The third-order valence-corrected chi connectivity index (χ3v) is 6.57. The normalized spacial score (nSPS) is 11.5. The molecule has 0 unspecified atom stereocenters. The Balaban J connectivity index is 1.21. The second kappa shape index (κ2) is 9.06. The molecule has 0 atom stereocenters. The minimum absolute atomic E-state index is 0.341. The van der Waals surface area contributed by atoms with E-state index in [1.807, 2.05) is 64.7 Å². The molecule has 7 rings (SSSR count). The molecule has 5 aromatic rings. The molecule has 0 amide bonds. The van der Waals surface area contributed by atoms with Gasteiger partial charge in [0.05, 0.1) is 62.6 Å². The van der Waals surface area contributed by atoms with Crippen LogP contribution in [0.4, 0.5) is 0 Å². The molecular formula is C26H21N12O+. The van der Waals surface area contributed by atoms with E-state index in [4.69, 9.17) is 4.98 Å². The number of fused-ring (bicyclic) bond motifs is 3. The number of aryl methyl sites for hydroxylation is 1. The molecule has 0 N–H and O–H groups in total. The zero-order valence-electron chi connectivity index (χ0n) is 20.8. The Labute approximate surface area is 220 Å². The molecule has 2 aromatic carbocycles. The predicted molar refractivity (Wildman–Crippen MR) is 138 cm³/mol. The number of aromatic nitrogens is 12. The minimum Gasteiger partial charge on any atom is -0.297 e. The van der Waals surface area contributed by atoms with Crippen LogP contribution in [-0.4, -0.2) is 54.1 Å². The second-order valence-corrected chi connectivity index (χ2v) is 9.08. The Kier molecular flexibility index (Phi) is 5.25. The highest BCUT2D eigenvalue weighted by Gasteiger charge is 2.28. The van der Waals surface area contributed by atoms with E-state index in [1.165, 1.54) is 0 Å². The van der Waals surface area contributed by atoms with Crippen molar-refractivity contribution in [1.82, 2.24) is 54.1 Å². The van der Waals surface area contributed by atoms with Crippen molar-refractivity contribution in [1.29, 1.82) is 0 Å². The third-order valence-electron chi connectivity index (χ3n) is 6.57. The Bertz CT molecular complexity index is 1920. The molecule has 2 aliphatic rings. The topological polar surface area (TPSA) is 131 Å². The van der Waals surface area contributed by atoms with Gasteiger partial charge in [-0.15, -0.1) is 10.2 Å². The first kappa shape index (κ1) is 22.6. The molecule has 0 saturated heterocycles. The van der Waals surface area contributed by atoms with E-state index in [0.29, 0.717) is 35.8 Å². The van der Waals surface area contributed by atoms with Gasteiger partial charge in [-0.2, -0.15) is 4.98 Å². The summed E-state index contributed by atoms with van der Waals surface area (Å²) >= 11 is 0. The highest BCUT2D eigenvalue weighted by atomic mass is 16.1. The fourth-order valence-electron chi connectivity index (χ4n) is 4.65. The van der Waals surface area contributed by atoms with Gasteiger partial charge in [0.25, 0.3) is 5.82 Å². The quantitative estimate of drug-likeness (QED) is 0.301. The summed E-state index contributed by atoms with van der Waals surface area (Å²) in [5, 5.41) is 15.7. The average Bonchev–Trinajstić information content (AvgIpc) is 3.76. The number of imidazole rings is 2. The predicted octanol–water partition coefficient (Wildman–Crippen LogP) is 1.18. The first-order chi connectivity index (χ1) is 19.1. The minimum atomic E-state index is -0.341. The smallest absolute Gasteiger partial charge is 0.297 e. The molecule has 0 aliphatic carbocycles. The Morgan fingerprint density at radius 1 is 0.795 bits per heavy atom. The van der Waals surface area contributed by atoms with Crippen LogP contribution in [0.25, 0.3) is 34.1 Å². The number of nitrogens with zero attached hydrogens (tertiary/aromatic N) is 12. The maximum absolute atomic E-state index is 13.1. The van der Waals surface area contributed by atoms with Crippen molar-refractivity contribution in [2.24, 2.45) is 7.05 Å². The van der Waals surface area contributed by atoms with Crippen molar-refractivity contribution < 1.29 is 4.57 Å². The molecule has 0 spiro atoms. The van der Waals surface area contributed by atoms with Gasteiger partial charge < -0.3 is 0 Å². The third kappa shape index (κ3) is 4.01. The van der Waals surface area contributed by atoms with Gasteiger partial charge in [0.15, 0.2) is 11.2 Å². The lowest BCUT2D eigenvalue weighted by Gasteiger charge is -2.04. The van der Waals surface area contributed by atoms with Crippen molar-refractivity contribution in [3.05, 3.63) is 108 Å². The molecule has 0 radical (unpaired) electrons. The van der Waals surface area contributed by atoms with Gasteiger partial charge >= 0.3 is 5.69 Å². The zero-order valence-corrected chi connectivity index (χ0v) is 20.8. The number of hydrogen-bond donors (Lipinski definition) is 0. The van der Waals surface area contributed by atoms with Crippen LogP contribution in [0.1, 0.15) is 11.1 Å². The van der Waals surface area contributed by atoms with Gasteiger partial charge in [0.2, 0.25) is 12.0 Å². The average molecular weight is 518 g/mol. The molecule has 0 fully saturated rings. The highest BCUT2D eigenvalue weighted by Crippen LogP contribution is 2.23. The van der Waals surface area contributed by atoms with Gasteiger partial charge in [0, 0.05) is 0 Å². The van der Waals surface area contributed by atoms with Crippen LogP contribution in [0.3, 0.4) is 0 Å². The maximum Gasteiger partial charge on any atom is 0.406 e. The monoisotopic (exact) mass is 517 g/mol. The lowest BCUT2D eigenvalue weighted by Crippen LogP contribution is -2.34. The highest BCUT2D eigenvalue weighted by molar-refractivity contribution is 5.84. The van der Waals surface area contributed by atoms with Crippen LogP contribution in [0.15, 0.2) is 90.8 Å². The molecule has 190 valence electrons. The van der Waals surface area contributed by atoms with Crippen LogP contribution in [0.5, 0.6) is 0 Å². The van der Waals surface area contributed by atoms with Gasteiger partial charge in [-0.25, -0.2) is 28.3 Å². The van der Waals surface area contributed by atoms with E-state index in [-0.39, 0.29) is 5.69 Å². The van der Waals surface area contributed by atoms with E-state index >= 15 is 0 Å². The standard InChI is InChI=1S/C26H21N12O/c1-34-16-28-24-22(27-17-35(24)14-18-2-6-20(7-3-18)37-12-10-29-32-37)23-25(34)36(26(39)31-23)15-19-4-8-21(9-5-19)38-13-11-30-33-38/h2-13,16-17H,14-15H2,1H3/q+1. The summed E-state index contributed by atoms with van der Waals surface area (Å²) in [5.41, 5.74) is 5.20. The van der Waals surface area contributed by atoms with Crippen molar-refractivity contribution in [3.8, 4) is 22.9 Å². The molecular weight excluding hydrogens is 496 g/mol. The lowest BCUT2D eigenvalue weighted by molar-refractivity contribution is -0.666. The molecule has 3 aromatic heterocycles. The van der Waals surface area contributed by atoms with Crippen LogP contribution in [0.2, 0.25) is 0 Å². The summed E-state index contributed by atoms with van der Waals surface area (Å²) in [6.07, 6.45) is 10.3. The largest absolute Gasteiger partial charge is 0.406 e. The number of hydrogen-bond acceptors (Lipinski definition) is 8. The summed E-state index contributed by atoms with van der Waals surface area (Å²) in [6.45, 7) is 0.907. The van der Waals surface area contributed by atoms with Gasteiger partial charge in [-0.1, -0.05) is 39.7 Å². The SMILES string of the molecule is C[n+]1cnc2c(ncn2Cc2ccc(-n3ccnn3)cc2)c2nc(=O)n(Cc3ccc(-n4ccnn4)cc3)c1-2. The van der Waals surface area contributed by atoms with Gasteiger partial charge in [0.1, 0.15) is 0 Å². The Morgan fingerprint density at radius 3 is 2.00 bits per heavy atom. The van der Waals surface area contributed by atoms with Crippen LogP contribution in [-0.2, 0) is 20.1 Å². The second-order valence-electron chi connectivity index (χ2n) is 9.08. The van der Waals surface area contributed by atoms with E-state index in [0.717, 1.165) is 22.5 Å². The van der Waals surface area contributed by atoms with Crippen LogP contribution < -0.4 is 10.3 Å². The molecule has 2 aliphatic heterocycles. The van der Waals surface area contributed by atoms with Crippen LogP contribution in [0, 0.1) is 0 Å². The van der Waals surface area contributed by atoms with E-state index in [9.17, 15) is 4.79 Å². The maximum atomic E-state index is 13.1. The molecule has 0 saturated carbocycles. The lowest BCUT2D eigenvalue weighted by atomic mass is 10.2. The Morgan fingerprint density at radius 2 is 1.41 bits per heavy atom. The fourth-order valence-corrected chi connectivity index (χ4v) is 4.65. The first-order valence-corrected chi connectivity index (χ1v) is 12.2. The summed E-state index contributed by atoms with van der Waals surface area (Å²) in [6, 6.07) is 15.8. The number of rotatable bonds is 6. The molecule has 0 bridgehead atoms. The summed E-state index contributed by atoms with van der Waals surface area (Å²) in [4.78, 5) is 26.8. The van der Waals surface area contributed by atoms with E-state index in [2.05, 4.69) is 30.6 Å². The van der Waals surface area contributed by atoms with Crippen LogP contribution >= 0.6 is 0 Å².